The van der Waals surface area contributed by atoms with E-state index in [0.717, 1.165) is 57.9 Å². The Morgan fingerprint density at radius 1 is 0.966 bits per heavy atom. The second-order valence-electron chi connectivity index (χ2n) is 8.30. The fourth-order valence-electron chi connectivity index (χ4n) is 4.22. The van der Waals surface area contributed by atoms with Crippen molar-refractivity contribution in [3.63, 3.8) is 0 Å². The van der Waals surface area contributed by atoms with Gasteiger partial charge in [0.15, 0.2) is 0 Å². The van der Waals surface area contributed by atoms with Gasteiger partial charge in [-0.1, -0.05) is 60.7 Å². The molecule has 0 saturated carbocycles. The molecule has 1 aliphatic rings. The topological polar surface area (TPSA) is 58.4 Å². The quantitative estimate of drug-likeness (QED) is 0.598. The highest BCUT2D eigenvalue weighted by Gasteiger charge is 2.25. The van der Waals surface area contributed by atoms with Crippen LogP contribution in [0, 0.1) is 5.92 Å². The third-order valence-electron chi connectivity index (χ3n) is 5.89. The average Bonchev–Trinajstić information content (AvgIpc) is 2.75. The Morgan fingerprint density at radius 3 is 2.03 bits per heavy atom. The fraction of sp³-hybridized carbons (Fsp3) is 0.480. The molecule has 156 valence electrons. The fourth-order valence-corrected chi connectivity index (χ4v) is 4.22. The Hall–Kier alpha value is -2.17. The van der Waals surface area contributed by atoms with E-state index in [9.17, 15) is 4.79 Å². The zero-order valence-electron chi connectivity index (χ0n) is 17.4. The maximum absolute atomic E-state index is 12.8. The van der Waals surface area contributed by atoms with Crippen LogP contribution in [0.15, 0.2) is 60.7 Å². The van der Waals surface area contributed by atoms with Crippen LogP contribution in [-0.4, -0.2) is 30.0 Å². The third kappa shape index (κ3) is 7.64. The molecule has 1 amide bonds. The first-order valence-electron chi connectivity index (χ1n) is 11.1. The molecule has 1 heterocycles. The first-order valence-corrected chi connectivity index (χ1v) is 11.1. The highest BCUT2D eigenvalue weighted by molar-refractivity contribution is 5.79. The van der Waals surface area contributed by atoms with E-state index in [1.807, 2.05) is 0 Å². The van der Waals surface area contributed by atoms with Crippen LogP contribution < -0.4 is 11.2 Å². The molecule has 1 saturated heterocycles. The van der Waals surface area contributed by atoms with E-state index < -0.39 is 0 Å². The Bertz CT molecular complexity index is 674. The average molecular weight is 394 g/mol. The summed E-state index contributed by atoms with van der Waals surface area (Å²) >= 11 is 0. The molecule has 2 aromatic carbocycles. The summed E-state index contributed by atoms with van der Waals surface area (Å²) < 4.78 is 0. The number of aryl methyl sites for hydroxylation is 2. The van der Waals surface area contributed by atoms with Gasteiger partial charge in [-0.3, -0.25) is 10.6 Å². The highest BCUT2D eigenvalue weighted by Crippen LogP contribution is 2.17. The summed E-state index contributed by atoms with van der Waals surface area (Å²) in [6.45, 7) is 1.56. The summed E-state index contributed by atoms with van der Waals surface area (Å²) in [7, 11) is 0. The van der Waals surface area contributed by atoms with Crippen molar-refractivity contribution < 1.29 is 4.79 Å². The molecule has 3 rings (SSSR count). The normalized spacial score (nSPS) is 17.4. The van der Waals surface area contributed by atoms with E-state index in [1.54, 1.807) is 5.01 Å². The summed E-state index contributed by atoms with van der Waals surface area (Å²) in [6.07, 6.45) is 8.30. The van der Waals surface area contributed by atoms with E-state index in [4.69, 9.17) is 5.84 Å². The first kappa shape index (κ1) is 21.5. The lowest BCUT2D eigenvalue weighted by molar-refractivity contribution is -0.127. The number of amides is 1. The van der Waals surface area contributed by atoms with Gasteiger partial charge in [-0.15, -0.1) is 0 Å². The molecular weight excluding hydrogens is 358 g/mol. The van der Waals surface area contributed by atoms with E-state index >= 15 is 0 Å². The SMILES string of the molecule is NN1CCCC(C(=O)NC(CCCc2ccccc2)CCCc2ccccc2)C1. The molecule has 3 N–H and O–H groups in total. The number of hydrogen-bond acceptors (Lipinski definition) is 3. The lowest BCUT2D eigenvalue weighted by Gasteiger charge is -2.30. The molecular formula is C25H35N3O. The van der Waals surface area contributed by atoms with Crippen LogP contribution in [0.3, 0.4) is 0 Å². The summed E-state index contributed by atoms with van der Waals surface area (Å²) in [5.74, 6) is 6.15. The van der Waals surface area contributed by atoms with Gasteiger partial charge in [0.25, 0.3) is 0 Å². The molecule has 0 bridgehead atoms. The van der Waals surface area contributed by atoms with E-state index in [1.165, 1.54) is 11.1 Å². The van der Waals surface area contributed by atoms with Gasteiger partial charge in [-0.25, -0.2) is 5.01 Å². The molecule has 0 radical (unpaired) electrons. The molecule has 4 nitrogen and oxygen atoms in total. The molecule has 1 aliphatic heterocycles. The number of nitrogens with one attached hydrogen (secondary N) is 1. The molecule has 0 aromatic heterocycles. The van der Waals surface area contributed by atoms with Crippen molar-refractivity contribution >= 4 is 5.91 Å². The Kier molecular flexibility index (Phi) is 8.72. The minimum absolute atomic E-state index is 0.0273. The van der Waals surface area contributed by atoms with Crippen molar-refractivity contribution in [3.8, 4) is 0 Å². The van der Waals surface area contributed by atoms with Gasteiger partial charge < -0.3 is 5.32 Å². The van der Waals surface area contributed by atoms with Crippen LogP contribution in [0.4, 0.5) is 0 Å². The Balaban J connectivity index is 1.50. The predicted molar refractivity (Wildman–Crippen MR) is 119 cm³/mol. The minimum Gasteiger partial charge on any atom is -0.353 e. The smallest absolute Gasteiger partial charge is 0.224 e. The van der Waals surface area contributed by atoms with E-state index in [0.29, 0.717) is 6.54 Å². The Morgan fingerprint density at radius 2 is 1.52 bits per heavy atom. The molecule has 1 fully saturated rings. The van der Waals surface area contributed by atoms with Crippen molar-refractivity contribution in [2.75, 3.05) is 13.1 Å². The van der Waals surface area contributed by atoms with Gasteiger partial charge in [0.05, 0.1) is 5.92 Å². The van der Waals surface area contributed by atoms with Crippen molar-refractivity contribution in [2.45, 2.75) is 57.4 Å². The Labute approximate surface area is 175 Å². The number of nitrogens with two attached hydrogens (primary N) is 1. The van der Waals surface area contributed by atoms with Gasteiger partial charge >= 0.3 is 0 Å². The molecule has 1 unspecified atom stereocenters. The van der Waals surface area contributed by atoms with Gasteiger partial charge in [0.1, 0.15) is 0 Å². The molecule has 0 spiro atoms. The number of hydrazine groups is 1. The molecule has 0 aliphatic carbocycles. The molecule has 4 heteroatoms. The number of nitrogens with zero attached hydrogens (tertiary/aromatic N) is 1. The molecule has 2 aromatic rings. The monoisotopic (exact) mass is 393 g/mol. The van der Waals surface area contributed by atoms with Crippen molar-refractivity contribution in [3.05, 3.63) is 71.8 Å². The van der Waals surface area contributed by atoms with Crippen LogP contribution in [0.1, 0.15) is 49.7 Å². The predicted octanol–water partition coefficient (Wildman–Crippen LogP) is 4.10. The van der Waals surface area contributed by atoms with Crippen molar-refractivity contribution in [1.82, 2.24) is 10.3 Å². The van der Waals surface area contributed by atoms with Crippen LogP contribution in [-0.2, 0) is 17.6 Å². The van der Waals surface area contributed by atoms with Gasteiger partial charge in [-0.05, 0) is 62.5 Å². The summed E-state index contributed by atoms with van der Waals surface area (Å²) in [4.78, 5) is 12.8. The minimum atomic E-state index is 0.0273. The summed E-state index contributed by atoms with van der Waals surface area (Å²) in [6, 6.07) is 21.5. The van der Waals surface area contributed by atoms with Crippen LogP contribution in [0.25, 0.3) is 0 Å². The van der Waals surface area contributed by atoms with Crippen LogP contribution in [0.5, 0.6) is 0 Å². The zero-order valence-corrected chi connectivity index (χ0v) is 17.4. The second-order valence-corrected chi connectivity index (χ2v) is 8.30. The van der Waals surface area contributed by atoms with Crippen LogP contribution in [0.2, 0.25) is 0 Å². The number of carbonyl (C=O) groups is 1. The number of benzene rings is 2. The second kappa shape index (κ2) is 11.7. The number of rotatable bonds is 10. The zero-order chi connectivity index (χ0) is 20.3. The molecule has 1 atom stereocenters. The first-order chi connectivity index (χ1) is 14.2. The molecule has 29 heavy (non-hydrogen) atoms. The standard InChI is InChI=1S/C25H35N3O/c26-28-19-9-16-23(20-28)25(29)27-24(17-7-14-21-10-3-1-4-11-21)18-8-15-22-12-5-2-6-13-22/h1-6,10-13,23-24H,7-9,14-20,26H2,(H,27,29). The maximum Gasteiger partial charge on any atom is 0.224 e. The maximum atomic E-state index is 12.8. The number of carbonyl (C=O) groups excluding carboxylic acids is 1. The van der Waals surface area contributed by atoms with E-state index in [2.05, 4.69) is 66.0 Å². The van der Waals surface area contributed by atoms with Gasteiger partial charge in [-0.2, -0.15) is 0 Å². The van der Waals surface area contributed by atoms with Crippen molar-refractivity contribution in [2.24, 2.45) is 11.8 Å². The third-order valence-corrected chi connectivity index (χ3v) is 5.89. The lowest BCUT2D eigenvalue weighted by Crippen LogP contribution is -2.48. The van der Waals surface area contributed by atoms with Gasteiger partial charge in [0, 0.05) is 19.1 Å². The lowest BCUT2D eigenvalue weighted by atomic mass is 9.95. The number of piperidine rings is 1. The van der Waals surface area contributed by atoms with E-state index in [-0.39, 0.29) is 17.9 Å². The summed E-state index contributed by atoms with van der Waals surface area (Å²) in [5.41, 5.74) is 2.74. The van der Waals surface area contributed by atoms with Gasteiger partial charge in [0.2, 0.25) is 5.91 Å². The van der Waals surface area contributed by atoms with Crippen molar-refractivity contribution in [1.29, 1.82) is 0 Å². The highest BCUT2D eigenvalue weighted by atomic mass is 16.2. The summed E-state index contributed by atoms with van der Waals surface area (Å²) in [5, 5.41) is 5.14. The number of hydrogen-bond donors (Lipinski definition) is 2. The van der Waals surface area contributed by atoms with Crippen LogP contribution >= 0.6 is 0 Å². The largest absolute Gasteiger partial charge is 0.353 e.